The van der Waals surface area contributed by atoms with E-state index in [0.29, 0.717) is 11.4 Å². The Hall–Kier alpha value is -0.0300. The minimum absolute atomic E-state index is 0.0724. The van der Waals surface area contributed by atoms with Gasteiger partial charge in [-0.2, -0.15) is 0 Å². The van der Waals surface area contributed by atoms with E-state index in [1.54, 1.807) is 0 Å². The molecule has 1 heterocycles. The summed E-state index contributed by atoms with van der Waals surface area (Å²) in [5, 5.41) is 0.543. The van der Waals surface area contributed by atoms with Gasteiger partial charge in [0, 0.05) is 27.3 Å². The van der Waals surface area contributed by atoms with Crippen molar-refractivity contribution in [2.45, 2.75) is 42.6 Å². The van der Waals surface area contributed by atoms with Gasteiger partial charge in [0.1, 0.15) is 0 Å². The summed E-state index contributed by atoms with van der Waals surface area (Å²) in [5.74, 6) is 0. The second-order valence-corrected chi connectivity index (χ2v) is 6.69. The van der Waals surface area contributed by atoms with Gasteiger partial charge in [-0.1, -0.05) is 22.0 Å². The summed E-state index contributed by atoms with van der Waals surface area (Å²) in [6, 6.07) is 6.40. The molecule has 0 aromatic heterocycles. The second kappa shape index (κ2) is 5.74. The van der Waals surface area contributed by atoms with Gasteiger partial charge in [-0.3, -0.25) is 0 Å². The molecule has 94 valence electrons. The number of halogens is 1. The molecule has 1 saturated heterocycles. The van der Waals surface area contributed by atoms with E-state index in [9.17, 15) is 0 Å². The zero-order valence-corrected chi connectivity index (χ0v) is 12.6. The van der Waals surface area contributed by atoms with Crippen molar-refractivity contribution in [3.8, 4) is 0 Å². The number of hydrogen-bond acceptors (Lipinski definition) is 3. The molecule has 0 aliphatic carbocycles. The van der Waals surface area contributed by atoms with Gasteiger partial charge in [0.25, 0.3) is 0 Å². The molecule has 0 amide bonds. The Balaban J connectivity index is 2.21. The molecule has 0 radical (unpaired) electrons. The first-order valence-corrected chi connectivity index (χ1v) is 7.58. The van der Waals surface area contributed by atoms with Crippen LogP contribution >= 0.6 is 27.7 Å². The van der Waals surface area contributed by atoms with Crippen LogP contribution in [0, 0.1) is 0 Å². The summed E-state index contributed by atoms with van der Waals surface area (Å²) in [4.78, 5) is 1.27. The van der Waals surface area contributed by atoms with Crippen molar-refractivity contribution in [2.24, 2.45) is 5.73 Å². The predicted molar refractivity (Wildman–Crippen MR) is 76.4 cm³/mol. The molecule has 4 heteroatoms. The standard InChI is InChI=1S/C13H18BrNOS/c1-8(15)11-4-3-10(14)7-13(11)17-12-5-6-16-9(12)2/h3-4,7-9,12H,5-6,15H2,1-2H3. The first-order valence-electron chi connectivity index (χ1n) is 5.91. The fraction of sp³-hybridized carbons (Fsp3) is 0.538. The fourth-order valence-corrected chi connectivity index (χ4v) is 3.92. The molecule has 3 unspecified atom stereocenters. The van der Waals surface area contributed by atoms with Gasteiger partial charge in [-0.15, -0.1) is 11.8 Å². The van der Waals surface area contributed by atoms with E-state index in [-0.39, 0.29) is 6.04 Å². The molecule has 1 aromatic carbocycles. The van der Waals surface area contributed by atoms with Crippen LogP contribution in [0.25, 0.3) is 0 Å². The minimum atomic E-state index is 0.0724. The molecule has 1 aromatic rings. The van der Waals surface area contributed by atoms with Crippen molar-refractivity contribution < 1.29 is 4.74 Å². The normalized spacial score (nSPS) is 26.1. The van der Waals surface area contributed by atoms with Gasteiger partial charge < -0.3 is 10.5 Å². The summed E-state index contributed by atoms with van der Waals surface area (Å²) in [5.41, 5.74) is 7.23. The molecule has 0 spiro atoms. The highest BCUT2D eigenvalue weighted by Crippen LogP contribution is 2.37. The molecule has 2 nitrogen and oxygen atoms in total. The average molecular weight is 316 g/mol. The maximum atomic E-state index is 6.01. The molecule has 1 aliphatic heterocycles. The highest BCUT2D eigenvalue weighted by molar-refractivity contribution is 9.10. The van der Waals surface area contributed by atoms with Crippen LogP contribution in [0.15, 0.2) is 27.6 Å². The lowest BCUT2D eigenvalue weighted by molar-refractivity contribution is 0.127. The minimum Gasteiger partial charge on any atom is -0.377 e. The Bertz CT molecular complexity index is 397. The van der Waals surface area contributed by atoms with Gasteiger partial charge in [0.2, 0.25) is 0 Å². The molecular weight excluding hydrogens is 298 g/mol. The van der Waals surface area contributed by atoms with Gasteiger partial charge in [0.05, 0.1) is 6.10 Å². The molecule has 17 heavy (non-hydrogen) atoms. The van der Waals surface area contributed by atoms with Crippen LogP contribution in [0.1, 0.15) is 31.9 Å². The third-order valence-corrected chi connectivity index (χ3v) is 5.07. The van der Waals surface area contributed by atoms with Crippen molar-refractivity contribution in [3.63, 3.8) is 0 Å². The van der Waals surface area contributed by atoms with Crippen LogP contribution in [0.4, 0.5) is 0 Å². The van der Waals surface area contributed by atoms with Crippen LogP contribution in [0.2, 0.25) is 0 Å². The maximum Gasteiger partial charge on any atom is 0.0669 e. The van der Waals surface area contributed by atoms with Crippen LogP contribution in [0.3, 0.4) is 0 Å². The van der Waals surface area contributed by atoms with E-state index >= 15 is 0 Å². The Morgan fingerprint density at radius 1 is 1.53 bits per heavy atom. The first-order chi connectivity index (χ1) is 8.08. The number of hydrogen-bond donors (Lipinski definition) is 1. The van der Waals surface area contributed by atoms with Crippen molar-refractivity contribution in [1.82, 2.24) is 0 Å². The van der Waals surface area contributed by atoms with E-state index in [0.717, 1.165) is 17.5 Å². The van der Waals surface area contributed by atoms with Gasteiger partial charge in [0.15, 0.2) is 0 Å². The molecule has 0 bridgehead atoms. The Labute approximate surface area is 115 Å². The molecule has 0 saturated carbocycles. The SMILES string of the molecule is CC(N)c1ccc(Br)cc1SC1CCOC1C. The van der Waals surface area contributed by atoms with Gasteiger partial charge >= 0.3 is 0 Å². The lowest BCUT2D eigenvalue weighted by Crippen LogP contribution is -2.14. The monoisotopic (exact) mass is 315 g/mol. The molecule has 3 atom stereocenters. The molecule has 1 aliphatic rings. The summed E-state index contributed by atoms with van der Waals surface area (Å²) in [7, 11) is 0. The summed E-state index contributed by atoms with van der Waals surface area (Å²) < 4.78 is 6.71. The number of ether oxygens (including phenoxy) is 1. The van der Waals surface area contributed by atoms with Crippen LogP contribution in [-0.2, 0) is 4.74 Å². The maximum absolute atomic E-state index is 6.01. The number of nitrogens with two attached hydrogens (primary N) is 1. The summed E-state index contributed by atoms with van der Waals surface area (Å²) in [6.07, 6.45) is 1.46. The largest absolute Gasteiger partial charge is 0.377 e. The summed E-state index contributed by atoms with van der Waals surface area (Å²) >= 11 is 5.42. The third kappa shape index (κ3) is 3.25. The van der Waals surface area contributed by atoms with Crippen molar-refractivity contribution in [2.75, 3.05) is 6.61 Å². The number of thioether (sulfide) groups is 1. The predicted octanol–water partition coefficient (Wildman–Crippen LogP) is 3.74. The number of benzene rings is 1. The second-order valence-electron chi connectivity index (χ2n) is 4.49. The van der Waals surface area contributed by atoms with E-state index in [2.05, 4.69) is 41.1 Å². The highest BCUT2D eigenvalue weighted by atomic mass is 79.9. The zero-order valence-electron chi connectivity index (χ0n) is 10.2. The van der Waals surface area contributed by atoms with E-state index in [1.165, 1.54) is 10.5 Å². The number of rotatable bonds is 3. The van der Waals surface area contributed by atoms with Gasteiger partial charge in [-0.05, 0) is 38.0 Å². The Morgan fingerprint density at radius 2 is 2.29 bits per heavy atom. The lowest BCUT2D eigenvalue weighted by atomic mass is 10.1. The molecule has 2 N–H and O–H groups in total. The first kappa shape index (κ1) is 13.4. The molecule has 2 rings (SSSR count). The Morgan fingerprint density at radius 3 is 2.88 bits per heavy atom. The summed E-state index contributed by atoms with van der Waals surface area (Å²) in [6.45, 7) is 5.05. The quantitative estimate of drug-likeness (QED) is 0.923. The van der Waals surface area contributed by atoms with Crippen LogP contribution in [0.5, 0.6) is 0 Å². The van der Waals surface area contributed by atoms with E-state index in [1.807, 2.05) is 18.7 Å². The lowest BCUT2D eigenvalue weighted by Gasteiger charge is -2.18. The zero-order chi connectivity index (χ0) is 12.4. The molecule has 1 fully saturated rings. The Kier molecular flexibility index (Phi) is 4.53. The van der Waals surface area contributed by atoms with Crippen molar-refractivity contribution in [1.29, 1.82) is 0 Å². The topological polar surface area (TPSA) is 35.2 Å². The average Bonchev–Trinajstić information content (AvgIpc) is 2.64. The molecular formula is C13H18BrNOS. The van der Waals surface area contributed by atoms with Gasteiger partial charge in [-0.25, -0.2) is 0 Å². The van der Waals surface area contributed by atoms with Crippen LogP contribution < -0.4 is 5.73 Å². The highest BCUT2D eigenvalue weighted by Gasteiger charge is 2.26. The smallest absolute Gasteiger partial charge is 0.0669 e. The third-order valence-electron chi connectivity index (χ3n) is 3.05. The van der Waals surface area contributed by atoms with Crippen molar-refractivity contribution >= 4 is 27.7 Å². The van der Waals surface area contributed by atoms with Crippen molar-refractivity contribution in [3.05, 3.63) is 28.2 Å². The van der Waals surface area contributed by atoms with E-state index < -0.39 is 0 Å². The fourth-order valence-electron chi connectivity index (χ4n) is 2.02. The van der Waals surface area contributed by atoms with E-state index in [4.69, 9.17) is 10.5 Å². The van der Waals surface area contributed by atoms with Crippen LogP contribution in [-0.4, -0.2) is 18.0 Å².